The third kappa shape index (κ3) is 6.15. The third-order valence-electron chi connectivity index (χ3n) is 5.05. The molecular weight excluding hydrogens is 316 g/mol. The van der Waals surface area contributed by atoms with Crippen molar-refractivity contribution >= 4 is 14.1 Å². The maximum absolute atomic E-state index is 12.8. The number of aliphatic hydroxyl groups excluding tert-OH is 1. The van der Waals surface area contributed by atoms with Crippen molar-refractivity contribution in [3.05, 3.63) is 35.9 Å². The highest BCUT2D eigenvalue weighted by Gasteiger charge is 2.40. The van der Waals surface area contributed by atoms with Gasteiger partial charge in [-0.15, -0.1) is 0 Å². The molecule has 0 aromatic heterocycles. The maximum Gasteiger partial charge on any atom is 0.193 e. The lowest BCUT2D eigenvalue weighted by atomic mass is 9.97. The summed E-state index contributed by atoms with van der Waals surface area (Å²) in [6.07, 6.45) is -0.374. The van der Waals surface area contributed by atoms with Crippen LogP contribution in [0, 0.1) is 5.92 Å². The lowest BCUT2D eigenvalue weighted by molar-refractivity contribution is -0.128. The number of carbonyl (C=O) groups is 1. The van der Waals surface area contributed by atoms with Crippen LogP contribution >= 0.6 is 0 Å². The van der Waals surface area contributed by atoms with Gasteiger partial charge in [-0.1, -0.05) is 65.0 Å². The normalized spacial score (nSPS) is 15.4. The zero-order valence-electron chi connectivity index (χ0n) is 16.3. The van der Waals surface area contributed by atoms with Crippen molar-refractivity contribution in [2.24, 2.45) is 5.92 Å². The van der Waals surface area contributed by atoms with Crippen LogP contribution in [0.3, 0.4) is 0 Å². The molecule has 0 amide bonds. The second kappa shape index (κ2) is 8.41. The molecule has 0 radical (unpaired) electrons. The van der Waals surface area contributed by atoms with Crippen molar-refractivity contribution in [3.63, 3.8) is 0 Å². The molecule has 0 fully saturated rings. The SMILES string of the molecule is CC(C)[C@H](O)CC(=O)[C@@H](Cc1ccccc1)O[Si](C)(C)C(C)(C)C. The van der Waals surface area contributed by atoms with Gasteiger partial charge in [-0.3, -0.25) is 4.79 Å². The Morgan fingerprint density at radius 3 is 2.17 bits per heavy atom. The van der Waals surface area contributed by atoms with E-state index < -0.39 is 20.5 Å². The minimum atomic E-state index is -2.07. The number of ketones is 1. The van der Waals surface area contributed by atoms with Crippen LogP contribution in [0.15, 0.2) is 30.3 Å². The summed E-state index contributed by atoms with van der Waals surface area (Å²) in [5.41, 5.74) is 1.09. The quantitative estimate of drug-likeness (QED) is 0.697. The fraction of sp³-hybridized carbons (Fsp3) is 0.650. The molecule has 0 aliphatic heterocycles. The standard InChI is InChI=1S/C20H34O3Si/c1-15(2)17(21)14-18(22)19(13-16-11-9-8-10-12-16)23-24(6,7)20(3,4)5/h8-12,15,17,19,21H,13-14H2,1-7H3/t17-,19-/m1/s1. The Bertz CT molecular complexity index is 517. The lowest BCUT2D eigenvalue weighted by Crippen LogP contribution is -2.47. The van der Waals surface area contributed by atoms with Gasteiger partial charge in [0.05, 0.1) is 6.10 Å². The number of rotatable bonds is 8. The molecule has 0 bridgehead atoms. The van der Waals surface area contributed by atoms with E-state index >= 15 is 0 Å². The van der Waals surface area contributed by atoms with Crippen LogP contribution in [-0.4, -0.2) is 31.4 Å². The van der Waals surface area contributed by atoms with Crippen molar-refractivity contribution in [2.45, 2.75) is 77.8 Å². The number of aliphatic hydroxyl groups is 1. The van der Waals surface area contributed by atoms with Crippen LogP contribution in [-0.2, 0) is 15.6 Å². The molecule has 0 heterocycles. The van der Waals surface area contributed by atoms with E-state index in [1.165, 1.54) is 0 Å². The van der Waals surface area contributed by atoms with E-state index in [-0.39, 0.29) is 23.2 Å². The Hall–Kier alpha value is -0.973. The summed E-state index contributed by atoms with van der Waals surface area (Å²) < 4.78 is 6.43. The Kier molecular flexibility index (Phi) is 7.38. The van der Waals surface area contributed by atoms with Crippen molar-refractivity contribution in [1.82, 2.24) is 0 Å². The molecule has 0 spiro atoms. The first-order chi connectivity index (χ1) is 10.9. The van der Waals surface area contributed by atoms with Crippen molar-refractivity contribution in [3.8, 4) is 0 Å². The van der Waals surface area contributed by atoms with Gasteiger partial charge in [0.1, 0.15) is 6.10 Å². The first kappa shape index (κ1) is 21.1. The second-order valence-electron chi connectivity index (χ2n) is 8.54. The van der Waals surface area contributed by atoms with Crippen LogP contribution in [0.25, 0.3) is 0 Å². The fourth-order valence-corrected chi connectivity index (χ4v) is 3.43. The van der Waals surface area contributed by atoms with E-state index in [4.69, 9.17) is 4.43 Å². The van der Waals surface area contributed by atoms with Gasteiger partial charge in [-0.2, -0.15) is 0 Å². The van der Waals surface area contributed by atoms with E-state index in [2.05, 4.69) is 33.9 Å². The topological polar surface area (TPSA) is 46.5 Å². The summed E-state index contributed by atoms with van der Waals surface area (Å²) >= 11 is 0. The van der Waals surface area contributed by atoms with Gasteiger partial charge >= 0.3 is 0 Å². The number of hydrogen-bond acceptors (Lipinski definition) is 3. The lowest BCUT2D eigenvalue weighted by Gasteiger charge is -2.39. The molecule has 1 aromatic carbocycles. The molecule has 0 saturated carbocycles. The molecule has 0 saturated heterocycles. The predicted molar refractivity (Wildman–Crippen MR) is 103 cm³/mol. The summed E-state index contributed by atoms with van der Waals surface area (Å²) in [5, 5.41) is 10.1. The molecule has 0 aliphatic rings. The van der Waals surface area contributed by atoms with Gasteiger partial charge in [0.15, 0.2) is 14.1 Å². The van der Waals surface area contributed by atoms with Gasteiger partial charge in [-0.25, -0.2) is 0 Å². The number of benzene rings is 1. The smallest absolute Gasteiger partial charge is 0.193 e. The van der Waals surface area contributed by atoms with Gasteiger partial charge in [-0.05, 0) is 29.6 Å². The Balaban J connectivity index is 2.96. The van der Waals surface area contributed by atoms with E-state index in [0.29, 0.717) is 6.42 Å². The van der Waals surface area contributed by atoms with Crippen molar-refractivity contribution in [1.29, 1.82) is 0 Å². The monoisotopic (exact) mass is 350 g/mol. The van der Waals surface area contributed by atoms with E-state index in [1.807, 2.05) is 44.2 Å². The molecule has 1 N–H and O–H groups in total. The molecule has 0 aliphatic carbocycles. The number of Topliss-reactive ketones (excluding diaryl/α,β-unsaturated/α-hetero) is 1. The first-order valence-electron chi connectivity index (χ1n) is 8.86. The zero-order chi connectivity index (χ0) is 18.5. The summed E-state index contributed by atoms with van der Waals surface area (Å²) in [6, 6.07) is 9.97. The molecule has 1 aromatic rings. The first-order valence-corrected chi connectivity index (χ1v) is 11.8. The second-order valence-corrected chi connectivity index (χ2v) is 13.3. The minimum absolute atomic E-state index is 0.00452. The fourth-order valence-electron chi connectivity index (χ4n) is 2.16. The average Bonchev–Trinajstić information content (AvgIpc) is 2.46. The number of hydrogen-bond donors (Lipinski definition) is 1. The summed E-state index contributed by atoms with van der Waals surface area (Å²) in [7, 11) is -2.07. The Labute approximate surface area is 148 Å². The van der Waals surface area contributed by atoms with Gasteiger partial charge in [0, 0.05) is 12.8 Å². The molecule has 0 unspecified atom stereocenters. The summed E-state index contributed by atoms with van der Waals surface area (Å²) in [6.45, 7) is 14.7. The summed E-state index contributed by atoms with van der Waals surface area (Å²) in [5.74, 6) is 0.0732. The Morgan fingerprint density at radius 1 is 1.17 bits per heavy atom. The van der Waals surface area contributed by atoms with E-state index in [0.717, 1.165) is 5.56 Å². The largest absolute Gasteiger partial charge is 0.407 e. The molecule has 1 rings (SSSR count). The van der Waals surface area contributed by atoms with E-state index in [1.54, 1.807) is 0 Å². The highest BCUT2D eigenvalue weighted by molar-refractivity contribution is 6.74. The van der Waals surface area contributed by atoms with Crippen LogP contribution in [0.2, 0.25) is 18.1 Å². The Morgan fingerprint density at radius 2 is 1.71 bits per heavy atom. The molecular formula is C20H34O3Si. The molecule has 24 heavy (non-hydrogen) atoms. The van der Waals surface area contributed by atoms with Gasteiger partial charge < -0.3 is 9.53 Å². The van der Waals surface area contributed by atoms with Crippen molar-refractivity contribution in [2.75, 3.05) is 0 Å². The highest BCUT2D eigenvalue weighted by Crippen LogP contribution is 2.38. The highest BCUT2D eigenvalue weighted by atomic mass is 28.4. The third-order valence-corrected chi connectivity index (χ3v) is 9.53. The molecule has 4 heteroatoms. The van der Waals surface area contributed by atoms with Crippen molar-refractivity contribution < 1.29 is 14.3 Å². The average molecular weight is 351 g/mol. The van der Waals surface area contributed by atoms with Crippen LogP contribution in [0.5, 0.6) is 0 Å². The van der Waals surface area contributed by atoms with Crippen LogP contribution in [0.1, 0.15) is 46.6 Å². The van der Waals surface area contributed by atoms with Gasteiger partial charge in [0.2, 0.25) is 0 Å². The number of carbonyl (C=O) groups excluding carboxylic acids is 1. The predicted octanol–water partition coefficient (Wildman–Crippen LogP) is 4.60. The van der Waals surface area contributed by atoms with E-state index in [9.17, 15) is 9.90 Å². The zero-order valence-corrected chi connectivity index (χ0v) is 17.3. The molecule has 2 atom stereocenters. The van der Waals surface area contributed by atoms with Crippen LogP contribution < -0.4 is 0 Å². The minimum Gasteiger partial charge on any atom is -0.407 e. The van der Waals surface area contributed by atoms with Crippen LogP contribution in [0.4, 0.5) is 0 Å². The molecule has 3 nitrogen and oxygen atoms in total. The maximum atomic E-state index is 12.8. The molecule has 136 valence electrons. The van der Waals surface area contributed by atoms with Gasteiger partial charge in [0.25, 0.3) is 0 Å². The summed E-state index contributed by atoms with van der Waals surface area (Å²) in [4.78, 5) is 12.8.